The SMILES string of the molecule is CCC(C)C(=O)N[C@@H](CCC(N)O)C(=O)N[C@@H]1C(=O)N[C@@H](CC(C)C)C(=O)NC23CCN(C(=O)C2C3)[C@@H](C(C)CC)C(=O)N(C)[C@@H](Cc2ccc(O)cc2)C(=O)N[C@@H](C(C)CC)C(=O)O[C@@H]1C. The molecule has 2 bridgehead atoms. The van der Waals surface area contributed by atoms with Crippen LogP contribution in [0, 0.1) is 29.6 Å². The van der Waals surface area contributed by atoms with Crippen LogP contribution in [0.1, 0.15) is 119 Å². The number of piperidine rings is 1. The van der Waals surface area contributed by atoms with Crippen LogP contribution < -0.4 is 32.3 Å². The Labute approximate surface area is 394 Å². The highest BCUT2D eigenvalue weighted by atomic mass is 16.5. The standard InChI is InChI=1S/C48H76N8O11/c1-11-26(6)37-47(66)67-29(9)38(53-41(60)33(18-19-36(49)58)50-40(59)28(8)13-3)44(63)51-34(22-25(4)5)42(61)54-48-20-21-56(45(64)32(48)24-48)39(27(7)12-2)46(65)55(10)35(43(62)52-37)23-30-14-16-31(57)17-15-30/h14-17,25-29,32-39,57-58H,11-13,18-24,49H2,1-10H3,(H,50,59)(H,51,63)(H,52,62)(H,53,60)(H,54,61)/t26?,27?,28?,29-,32?,33+,34+,35+,36?,37+,38+,39+,48?/m1/s1. The molecule has 5 rings (SSSR count). The van der Waals surface area contributed by atoms with Gasteiger partial charge in [0.25, 0.3) is 0 Å². The molecule has 19 nitrogen and oxygen atoms in total. The number of likely N-dealkylation sites (N-methyl/N-ethyl adjacent to an activating group) is 1. The zero-order valence-electron chi connectivity index (χ0n) is 40.9. The summed E-state index contributed by atoms with van der Waals surface area (Å²) in [5.74, 6) is -7.36. The van der Waals surface area contributed by atoms with Gasteiger partial charge < -0.3 is 57.1 Å². The number of phenolic OH excluding ortho intramolecular Hbond substituents is 1. The highest BCUT2D eigenvalue weighted by Gasteiger charge is 2.64. The Hall–Kier alpha value is -5.30. The Kier molecular flexibility index (Phi) is 19.1. The molecule has 374 valence electrons. The average Bonchev–Trinajstić information content (AvgIpc) is 4.01. The fraction of sp³-hybridized carbons (Fsp3) is 0.708. The highest BCUT2D eigenvalue weighted by molar-refractivity contribution is 5.98. The van der Waals surface area contributed by atoms with Gasteiger partial charge in [-0.15, -0.1) is 0 Å². The first-order valence-electron chi connectivity index (χ1n) is 24.0. The second kappa shape index (κ2) is 23.6. The van der Waals surface area contributed by atoms with E-state index in [9.17, 15) is 48.6 Å². The number of nitrogens with two attached hydrogens (primary N) is 1. The van der Waals surface area contributed by atoms with Crippen molar-refractivity contribution in [1.82, 2.24) is 36.4 Å². The number of esters is 1. The highest BCUT2D eigenvalue weighted by Crippen LogP contribution is 2.51. The van der Waals surface area contributed by atoms with Crippen LogP contribution in [0.2, 0.25) is 0 Å². The number of ether oxygens (including phenoxy) is 1. The van der Waals surface area contributed by atoms with Crippen LogP contribution in [0.25, 0.3) is 0 Å². The number of aliphatic hydroxyl groups is 1. The zero-order valence-corrected chi connectivity index (χ0v) is 40.9. The number of fused-ring (bicyclic) bond motifs is 16. The summed E-state index contributed by atoms with van der Waals surface area (Å²) < 4.78 is 5.98. The Bertz CT molecular complexity index is 1950. The van der Waals surface area contributed by atoms with E-state index in [0.717, 1.165) is 0 Å². The fourth-order valence-corrected chi connectivity index (χ4v) is 8.84. The van der Waals surface area contributed by atoms with Gasteiger partial charge in [-0.3, -0.25) is 33.6 Å². The number of rotatable bonds is 16. The molecule has 19 heteroatoms. The number of nitrogens with zero attached hydrogens (tertiary/aromatic N) is 2. The number of aliphatic hydroxyl groups excluding tert-OH is 1. The van der Waals surface area contributed by atoms with E-state index >= 15 is 0 Å². The number of amides is 7. The molecule has 9 N–H and O–H groups in total. The molecular weight excluding hydrogens is 865 g/mol. The number of nitrogens with one attached hydrogen (secondary N) is 5. The molecule has 0 aromatic heterocycles. The third kappa shape index (κ3) is 13.7. The van der Waals surface area contributed by atoms with Gasteiger partial charge in [-0.1, -0.05) is 80.4 Å². The Morgan fingerprint density at radius 1 is 0.881 bits per heavy atom. The van der Waals surface area contributed by atoms with Crippen molar-refractivity contribution in [3.63, 3.8) is 0 Å². The Morgan fingerprint density at radius 3 is 2.10 bits per heavy atom. The number of phenols is 1. The summed E-state index contributed by atoms with van der Waals surface area (Å²) >= 11 is 0. The quantitative estimate of drug-likeness (QED) is 0.0663. The van der Waals surface area contributed by atoms with Crippen molar-refractivity contribution in [2.24, 2.45) is 35.3 Å². The van der Waals surface area contributed by atoms with E-state index in [-0.39, 0.29) is 55.7 Å². The van der Waals surface area contributed by atoms with Crippen molar-refractivity contribution in [1.29, 1.82) is 0 Å². The third-order valence-corrected chi connectivity index (χ3v) is 14.0. The van der Waals surface area contributed by atoms with Crippen molar-refractivity contribution in [3.05, 3.63) is 29.8 Å². The smallest absolute Gasteiger partial charge is 0.329 e. The van der Waals surface area contributed by atoms with Crippen LogP contribution >= 0.6 is 0 Å². The van der Waals surface area contributed by atoms with E-state index < -0.39 is 113 Å². The number of hydrogen-bond acceptors (Lipinski definition) is 12. The molecule has 4 aliphatic rings. The maximum Gasteiger partial charge on any atom is 0.329 e. The van der Waals surface area contributed by atoms with Crippen molar-refractivity contribution < 1.29 is 53.3 Å². The van der Waals surface area contributed by atoms with Gasteiger partial charge in [-0.2, -0.15) is 0 Å². The van der Waals surface area contributed by atoms with E-state index in [0.29, 0.717) is 37.7 Å². The molecule has 1 aliphatic carbocycles. The van der Waals surface area contributed by atoms with Crippen LogP contribution in [-0.2, 0) is 49.5 Å². The van der Waals surface area contributed by atoms with Gasteiger partial charge in [0.1, 0.15) is 54.3 Å². The molecule has 3 heterocycles. The van der Waals surface area contributed by atoms with Gasteiger partial charge in [0.2, 0.25) is 41.4 Å². The first-order valence-corrected chi connectivity index (χ1v) is 24.0. The molecule has 3 aliphatic heterocycles. The second-order valence-corrected chi connectivity index (χ2v) is 19.6. The number of carbonyl (C=O) groups is 8. The topological polar surface area (TPSA) is 279 Å². The number of hydrogen-bond donors (Lipinski definition) is 8. The summed E-state index contributed by atoms with van der Waals surface area (Å²) in [6, 6.07) is -1.49. The molecule has 4 fully saturated rings. The lowest BCUT2D eigenvalue weighted by molar-refractivity contribution is -0.158. The maximum atomic E-state index is 14.9. The van der Waals surface area contributed by atoms with Crippen molar-refractivity contribution in [2.75, 3.05) is 13.6 Å². The summed E-state index contributed by atoms with van der Waals surface area (Å²) in [4.78, 5) is 117. The van der Waals surface area contributed by atoms with E-state index in [1.54, 1.807) is 44.7 Å². The average molecular weight is 941 g/mol. The summed E-state index contributed by atoms with van der Waals surface area (Å²) in [5, 5.41) is 33.9. The van der Waals surface area contributed by atoms with E-state index in [1.165, 1.54) is 31.0 Å². The van der Waals surface area contributed by atoms with Crippen molar-refractivity contribution in [3.8, 4) is 5.75 Å². The molecule has 1 spiro atoms. The Morgan fingerprint density at radius 2 is 1.52 bits per heavy atom. The number of aromatic hydroxyl groups is 1. The van der Waals surface area contributed by atoms with Crippen molar-refractivity contribution >= 4 is 47.3 Å². The molecule has 13 atom stereocenters. The Balaban J connectivity index is 1.84. The molecule has 7 amide bonds. The largest absolute Gasteiger partial charge is 0.508 e. The summed E-state index contributed by atoms with van der Waals surface area (Å²) in [5.41, 5.74) is 5.27. The minimum absolute atomic E-state index is 0.00493. The molecule has 1 saturated carbocycles. The van der Waals surface area contributed by atoms with Gasteiger partial charge in [-0.25, -0.2) is 4.79 Å². The fourth-order valence-electron chi connectivity index (χ4n) is 8.84. The minimum atomic E-state index is -1.66. The predicted molar refractivity (Wildman–Crippen MR) is 248 cm³/mol. The van der Waals surface area contributed by atoms with Crippen LogP contribution in [0.15, 0.2) is 24.3 Å². The van der Waals surface area contributed by atoms with Gasteiger partial charge in [0, 0.05) is 25.9 Å². The normalized spacial score (nSPS) is 28.8. The first-order chi connectivity index (χ1) is 31.5. The lowest BCUT2D eigenvalue weighted by Crippen LogP contribution is -2.63. The van der Waals surface area contributed by atoms with Gasteiger partial charge in [-0.05, 0) is 80.9 Å². The number of carbonyl (C=O) groups excluding carboxylic acids is 8. The number of benzene rings is 1. The predicted octanol–water partition coefficient (Wildman–Crippen LogP) is 1.36. The third-order valence-electron chi connectivity index (χ3n) is 14.0. The minimum Gasteiger partial charge on any atom is -0.508 e. The first kappa shape index (κ1) is 54.3. The van der Waals surface area contributed by atoms with Gasteiger partial charge >= 0.3 is 5.97 Å². The second-order valence-electron chi connectivity index (χ2n) is 19.6. The molecule has 67 heavy (non-hydrogen) atoms. The molecule has 0 radical (unpaired) electrons. The molecule has 6 unspecified atom stereocenters. The maximum absolute atomic E-state index is 14.9. The van der Waals surface area contributed by atoms with E-state index in [1.807, 2.05) is 27.7 Å². The molecule has 1 aromatic rings. The molecule has 3 saturated heterocycles. The summed E-state index contributed by atoms with van der Waals surface area (Å²) in [7, 11) is 1.48. The van der Waals surface area contributed by atoms with Gasteiger partial charge in [0.05, 0.1) is 11.5 Å². The van der Waals surface area contributed by atoms with E-state index in [4.69, 9.17) is 10.5 Å². The molecule has 1 aromatic carbocycles. The monoisotopic (exact) mass is 941 g/mol. The molecular formula is C48H76N8O11. The van der Waals surface area contributed by atoms with Crippen molar-refractivity contribution in [2.45, 2.75) is 174 Å². The van der Waals surface area contributed by atoms with Crippen LogP contribution in [0.4, 0.5) is 0 Å². The summed E-state index contributed by atoms with van der Waals surface area (Å²) in [6.45, 7) is 16.0. The van der Waals surface area contributed by atoms with E-state index in [2.05, 4.69) is 26.6 Å². The van der Waals surface area contributed by atoms with Gasteiger partial charge in [0.15, 0.2) is 0 Å². The van der Waals surface area contributed by atoms with Crippen LogP contribution in [-0.4, -0.2) is 135 Å². The van der Waals surface area contributed by atoms with Crippen LogP contribution in [0.5, 0.6) is 5.75 Å². The lowest BCUT2D eigenvalue weighted by Gasteiger charge is -2.42. The lowest BCUT2D eigenvalue weighted by atomic mass is 9.91. The zero-order chi connectivity index (χ0) is 50.1. The summed E-state index contributed by atoms with van der Waals surface area (Å²) in [6.07, 6.45) is -0.865. The van der Waals surface area contributed by atoms with Crippen LogP contribution in [0.3, 0.4) is 0 Å².